The average Bonchev–Trinajstić information content (AvgIpc) is 1.93. The van der Waals surface area contributed by atoms with E-state index < -0.39 is 0 Å². The molecule has 1 aliphatic carbocycles. The minimum atomic E-state index is 0.226. The van der Waals surface area contributed by atoms with E-state index in [4.69, 9.17) is 11.5 Å². The highest BCUT2D eigenvalue weighted by molar-refractivity contribution is 4.89. The minimum Gasteiger partial charge on any atom is -0.326 e. The highest BCUT2D eigenvalue weighted by Crippen LogP contribution is 2.26. The summed E-state index contributed by atoms with van der Waals surface area (Å²) in [6, 6.07) is 0.451. The number of nitrogens with two attached hydrogens (primary N) is 2. The van der Waals surface area contributed by atoms with Crippen molar-refractivity contribution < 1.29 is 0 Å². The van der Waals surface area contributed by atoms with Gasteiger partial charge in [0.25, 0.3) is 0 Å². The first-order chi connectivity index (χ1) is 4.63. The van der Waals surface area contributed by atoms with Gasteiger partial charge < -0.3 is 11.5 Å². The molecular formula is C8H18N2. The van der Waals surface area contributed by atoms with Gasteiger partial charge in [-0.3, -0.25) is 0 Å². The third-order valence-electron chi connectivity index (χ3n) is 2.84. The third kappa shape index (κ3) is 1.32. The van der Waals surface area contributed by atoms with Crippen molar-refractivity contribution in [1.29, 1.82) is 0 Å². The van der Waals surface area contributed by atoms with E-state index in [0.29, 0.717) is 11.8 Å². The quantitative estimate of drug-likeness (QED) is 0.523. The molecule has 10 heavy (non-hydrogen) atoms. The molecule has 4 N–H and O–H groups in total. The summed E-state index contributed by atoms with van der Waals surface area (Å²) in [7, 11) is 0. The summed E-state index contributed by atoms with van der Waals surface area (Å²) in [5.74, 6) is 1.23. The lowest BCUT2D eigenvalue weighted by molar-refractivity contribution is 0.227. The van der Waals surface area contributed by atoms with Crippen molar-refractivity contribution in [2.45, 2.75) is 38.8 Å². The van der Waals surface area contributed by atoms with E-state index in [9.17, 15) is 0 Å². The van der Waals surface area contributed by atoms with Gasteiger partial charge in [0.1, 0.15) is 0 Å². The van der Waals surface area contributed by atoms with E-state index in [-0.39, 0.29) is 12.1 Å². The topological polar surface area (TPSA) is 52.0 Å². The molecule has 60 valence electrons. The van der Waals surface area contributed by atoms with Gasteiger partial charge in [-0.1, -0.05) is 13.8 Å². The first-order valence-corrected chi connectivity index (χ1v) is 4.14. The van der Waals surface area contributed by atoms with Crippen LogP contribution in [0.5, 0.6) is 0 Å². The molecule has 0 radical (unpaired) electrons. The summed E-state index contributed by atoms with van der Waals surface area (Å²) in [6.07, 6.45) is 2.49. The van der Waals surface area contributed by atoms with Crippen LogP contribution < -0.4 is 11.5 Å². The highest BCUT2D eigenvalue weighted by atomic mass is 14.8. The van der Waals surface area contributed by atoms with Crippen LogP contribution in [0.2, 0.25) is 0 Å². The lowest BCUT2D eigenvalue weighted by Crippen LogP contribution is -2.52. The van der Waals surface area contributed by atoms with E-state index in [0.717, 1.165) is 0 Å². The Balaban J connectivity index is 2.52. The van der Waals surface area contributed by atoms with E-state index in [1.165, 1.54) is 12.8 Å². The molecule has 0 saturated heterocycles. The van der Waals surface area contributed by atoms with Crippen LogP contribution in [0, 0.1) is 11.8 Å². The summed E-state index contributed by atoms with van der Waals surface area (Å²) >= 11 is 0. The molecule has 2 nitrogen and oxygen atoms in total. The minimum absolute atomic E-state index is 0.226. The van der Waals surface area contributed by atoms with E-state index in [2.05, 4.69) is 13.8 Å². The van der Waals surface area contributed by atoms with Gasteiger partial charge in [-0.05, 0) is 24.7 Å². The summed E-state index contributed by atoms with van der Waals surface area (Å²) in [5.41, 5.74) is 11.8. The van der Waals surface area contributed by atoms with Crippen LogP contribution in [0.3, 0.4) is 0 Å². The lowest BCUT2D eigenvalue weighted by Gasteiger charge is -2.36. The maximum atomic E-state index is 5.89. The molecule has 0 aromatic heterocycles. The second-order valence-electron chi connectivity index (χ2n) is 3.69. The van der Waals surface area contributed by atoms with Crippen molar-refractivity contribution in [2.24, 2.45) is 23.3 Å². The molecule has 0 heterocycles. The Labute approximate surface area is 63.0 Å². The van der Waals surface area contributed by atoms with Crippen LogP contribution in [-0.2, 0) is 0 Å². The van der Waals surface area contributed by atoms with Crippen LogP contribution in [0.25, 0.3) is 0 Å². The van der Waals surface area contributed by atoms with Crippen LogP contribution in [0.15, 0.2) is 0 Å². The molecule has 1 fully saturated rings. The van der Waals surface area contributed by atoms with Gasteiger partial charge in [0.2, 0.25) is 0 Å². The molecule has 2 heteroatoms. The van der Waals surface area contributed by atoms with Crippen LogP contribution in [0.1, 0.15) is 26.7 Å². The largest absolute Gasteiger partial charge is 0.326 e. The molecule has 1 saturated carbocycles. The summed E-state index contributed by atoms with van der Waals surface area (Å²) in [4.78, 5) is 0. The van der Waals surface area contributed by atoms with E-state index in [1.807, 2.05) is 0 Å². The van der Waals surface area contributed by atoms with Gasteiger partial charge in [0, 0.05) is 12.1 Å². The molecule has 4 atom stereocenters. The summed E-state index contributed by atoms with van der Waals surface area (Å²) in [5, 5.41) is 0. The van der Waals surface area contributed by atoms with Crippen molar-refractivity contribution in [1.82, 2.24) is 0 Å². The van der Waals surface area contributed by atoms with Gasteiger partial charge in [0.15, 0.2) is 0 Å². The first-order valence-electron chi connectivity index (χ1n) is 4.14. The van der Waals surface area contributed by atoms with Crippen molar-refractivity contribution in [3.63, 3.8) is 0 Å². The smallest absolute Gasteiger partial charge is 0.0220 e. The fourth-order valence-electron chi connectivity index (χ4n) is 1.67. The predicted octanol–water partition coefficient (Wildman–Crippen LogP) is 0.707. The maximum absolute atomic E-state index is 5.89. The lowest BCUT2D eigenvalue weighted by atomic mass is 9.77. The van der Waals surface area contributed by atoms with Crippen molar-refractivity contribution in [3.05, 3.63) is 0 Å². The molecule has 0 unspecified atom stereocenters. The van der Waals surface area contributed by atoms with Crippen LogP contribution in [-0.4, -0.2) is 12.1 Å². The maximum Gasteiger partial charge on any atom is 0.0220 e. The fraction of sp³-hybridized carbons (Fsp3) is 1.00. The Hall–Kier alpha value is -0.0800. The number of hydrogen-bond donors (Lipinski definition) is 2. The monoisotopic (exact) mass is 142 g/mol. The van der Waals surface area contributed by atoms with Crippen LogP contribution >= 0.6 is 0 Å². The van der Waals surface area contributed by atoms with E-state index in [1.54, 1.807) is 0 Å². The summed E-state index contributed by atoms with van der Waals surface area (Å²) in [6.45, 7) is 4.38. The Bertz CT molecular complexity index is 99.8. The van der Waals surface area contributed by atoms with Gasteiger partial charge >= 0.3 is 0 Å². The van der Waals surface area contributed by atoms with E-state index >= 15 is 0 Å². The standard InChI is InChI=1S/C8H18N2/c1-5-3-4-6(2)8(10)7(5)9/h5-8H,3-4,9-10H2,1-2H3/t5-,6-,7-,8-/m1/s1. The molecule has 0 aromatic rings. The summed E-state index contributed by atoms with van der Waals surface area (Å²) < 4.78 is 0. The second-order valence-corrected chi connectivity index (χ2v) is 3.69. The molecule has 0 spiro atoms. The Kier molecular flexibility index (Phi) is 2.32. The van der Waals surface area contributed by atoms with Crippen molar-refractivity contribution >= 4 is 0 Å². The Morgan fingerprint density at radius 1 is 0.900 bits per heavy atom. The van der Waals surface area contributed by atoms with Crippen molar-refractivity contribution in [2.75, 3.05) is 0 Å². The average molecular weight is 142 g/mol. The molecule has 0 bridgehead atoms. The Morgan fingerprint density at radius 3 is 1.50 bits per heavy atom. The highest BCUT2D eigenvalue weighted by Gasteiger charge is 2.29. The zero-order valence-corrected chi connectivity index (χ0v) is 6.88. The van der Waals surface area contributed by atoms with Gasteiger partial charge in [-0.15, -0.1) is 0 Å². The Morgan fingerprint density at radius 2 is 1.20 bits per heavy atom. The zero-order chi connectivity index (χ0) is 7.72. The molecule has 1 aliphatic rings. The van der Waals surface area contributed by atoms with Crippen molar-refractivity contribution in [3.8, 4) is 0 Å². The normalized spacial score (nSPS) is 49.2. The SMILES string of the molecule is C[C@@H]1CC[C@@H](C)[C@@H](N)[C@@H]1N. The molecule has 0 aromatic carbocycles. The molecule has 1 rings (SSSR count). The number of rotatable bonds is 0. The molecule has 0 aliphatic heterocycles. The van der Waals surface area contributed by atoms with Gasteiger partial charge in [-0.25, -0.2) is 0 Å². The fourth-order valence-corrected chi connectivity index (χ4v) is 1.67. The molecule has 0 amide bonds. The second kappa shape index (κ2) is 2.89. The number of hydrogen-bond acceptors (Lipinski definition) is 2. The first kappa shape index (κ1) is 8.02. The third-order valence-corrected chi connectivity index (χ3v) is 2.84. The van der Waals surface area contributed by atoms with Gasteiger partial charge in [-0.2, -0.15) is 0 Å². The zero-order valence-electron chi connectivity index (χ0n) is 6.88. The van der Waals surface area contributed by atoms with Crippen LogP contribution in [0.4, 0.5) is 0 Å². The van der Waals surface area contributed by atoms with Gasteiger partial charge in [0.05, 0.1) is 0 Å². The molecular weight excluding hydrogens is 124 g/mol. The predicted molar refractivity (Wildman–Crippen MR) is 43.5 cm³/mol.